The van der Waals surface area contributed by atoms with Crippen LogP contribution in [0.25, 0.3) is 0 Å². The van der Waals surface area contributed by atoms with Crippen LogP contribution in [-0.4, -0.2) is 23.5 Å². The van der Waals surface area contributed by atoms with E-state index in [4.69, 9.17) is 4.74 Å². The number of halogens is 1. The average Bonchev–Trinajstić information content (AvgIpc) is 2.30. The van der Waals surface area contributed by atoms with Gasteiger partial charge in [0, 0.05) is 17.5 Å². The van der Waals surface area contributed by atoms with E-state index in [9.17, 15) is 4.79 Å². The van der Waals surface area contributed by atoms with E-state index >= 15 is 0 Å². The van der Waals surface area contributed by atoms with Gasteiger partial charge in [0.25, 0.3) is 0 Å². The Morgan fingerprint density at radius 2 is 2.06 bits per heavy atom. The van der Waals surface area contributed by atoms with Crippen LogP contribution in [0, 0.1) is 0 Å². The number of benzene rings is 1. The first-order chi connectivity index (χ1) is 7.83. The molecule has 0 aromatic heterocycles. The minimum absolute atomic E-state index is 0.115. The molecule has 0 spiro atoms. The number of nitrogens with one attached hydrogen (secondary N) is 1. The van der Waals surface area contributed by atoms with Crippen LogP contribution in [0.2, 0.25) is 0 Å². The second-order valence-corrected chi connectivity index (χ2v) is 4.40. The van der Waals surface area contributed by atoms with Crippen LogP contribution in [0.1, 0.15) is 12.0 Å². The maximum absolute atomic E-state index is 11.0. The normalized spacial score (nSPS) is 10.1. The number of esters is 1. The van der Waals surface area contributed by atoms with Crippen LogP contribution in [0.5, 0.6) is 0 Å². The summed E-state index contributed by atoms with van der Waals surface area (Å²) in [4.78, 5) is 11.0. The molecular formula is C12H16INO2. The van der Waals surface area contributed by atoms with E-state index in [1.165, 1.54) is 5.56 Å². The molecule has 1 rings (SSSR count). The van der Waals surface area contributed by atoms with Gasteiger partial charge in [-0.2, -0.15) is 0 Å². The van der Waals surface area contributed by atoms with E-state index < -0.39 is 0 Å². The standard InChI is InChI=1S/C12H16INO2/c13-7-6-12(15)16-9-8-14-10-11-4-2-1-3-5-11/h1-5,14H,6-10H2. The largest absolute Gasteiger partial charge is 0.464 e. The Bertz CT molecular complexity index is 303. The maximum atomic E-state index is 11.0. The Morgan fingerprint density at radius 3 is 2.75 bits per heavy atom. The predicted molar refractivity (Wildman–Crippen MR) is 72.6 cm³/mol. The fourth-order valence-electron chi connectivity index (χ4n) is 1.21. The van der Waals surface area contributed by atoms with E-state index in [0.717, 1.165) is 11.0 Å². The van der Waals surface area contributed by atoms with Crippen LogP contribution < -0.4 is 5.32 Å². The van der Waals surface area contributed by atoms with Crippen molar-refractivity contribution in [3.05, 3.63) is 35.9 Å². The average molecular weight is 333 g/mol. The first kappa shape index (κ1) is 13.4. The summed E-state index contributed by atoms with van der Waals surface area (Å²) in [6.07, 6.45) is 0.499. The third-order valence-electron chi connectivity index (χ3n) is 2.01. The molecule has 0 aliphatic rings. The summed E-state index contributed by atoms with van der Waals surface area (Å²) >= 11 is 2.16. The van der Waals surface area contributed by atoms with Crippen molar-refractivity contribution in [1.82, 2.24) is 5.32 Å². The number of rotatable bonds is 7. The molecule has 1 aromatic carbocycles. The van der Waals surface area contributed by atoms with Gasteiger partial charge in [0.05, 0.1) is 6.42 Å². The number of hydrogen-bond donors (Lipinski definition) is 1. The van der Waals surface area contributed by atoms with Gasteiger partial charge in [0.15, 0.2) is 0 Å². The fraction of sp³-hybridized carbons (Fsp3) is 0.417. The fourth-order valence-corrected chi connectivity index (χ4v) is 1.66. The molecule has 0 unspecified atom stereocenters. The summed E-state index contributed by atoms with van der Waals surface area (Å²) < 4.78 is 5.83. The molecule has 0 heterocycles. The van der Waals surface area contributed by atoms with Gasteiger partial charge in [0.2, 0.25) is 0 Å². The van der Waals surface area contributed by atoms with Crippen molar-refractivity contribution < 1.29 is 9.53 Å². The highest BCUT2D eigenvalue weighted by atomic mass is 127. The van der Waals surface area contributed by atoms with Gasteiger partial charge < -0.3 is 10.1 Å². The van der Waals surface area contributed by atoms with Gasteiger partial charge in [0.1, 0.15) is 6.61 Å². The van der Waals surface area contributed by atoms with Gasteiger partial charge in [-0.3, -0.25) is 4.79 Å². The number of alkyl halides is 1. The van der Waals surface area contributed by atoms with Crippen molar-refractivity contribution in [3.63, 3.8) is 0 Å². The van der Waals surface area contributed by atoms with Crippen molar-refractivity contribution in [2.24, 2.45) is 0 Å². The zero-order chi connectivity index (χ0) is 11.6. The topological polar surface area (TPSA) is 38.3 Å². The van der Waals surface area contributed by atoms with Gasteiger partial charge in [-0.1, -0.05) is 52.9 Å². The van der Waals surface area contributed by atoms with E-state index in [1.54, 1.807) is 0 Å². The Balaban J connectivity index is 2.02. The quantitative estimate of drug-likeness (QED) is 0.360. The highest BCUT2D eigenvalue weighted by molar-refractivity contribution is 14.1. The SMILES string of the molecule is O=C(CCI)OCCNCc1ccccc1. The van der Waals surface area contributed by atoms with Crippen molar-refractivity contribution in [2.45, 2.75) is 13.0 Å². The van der Waals surface area contributed by atoms with Gasteiger partial charge >= 0.3 is 5.97 Å². The van der Waals surface area contributed by atoms with Crippen LogP contribution in [0.4, 0.5) is 0 Å². The number of hydrogen-bond acceptors (Lipinski definition) is 3. The Labute approximate surface area is 110 Å². The zero-order valence-electron chi connectivity index (χ0n) is 9.12. The Kier molecular flexibility index (Phi) is 7.16. The van der Waals surface area contributed by atoms with Crippen molar-refractivity contribution >= 4 is 28.6 Å². The molecule has 0 aliphatic carbocycles. The first-order valence-electron chi connectivity index (χ1n) is 5.29. The van der Waals surface area contributed by atoms with E-state index in [2.05, 4.69) is 40.0 Å². The summed E-state index contributed by atoms with van der Waals surface area (Å²) in [5.74, 6) is -0.115. The third-order valence-corrected chi connectivity index (χ3v) is 2.55. The zero-order valence-corrected chi connectivity index (χ0v) is 11.3. The molecule has 3 nitrogen and oxygen atoms in total. The van der Waals surface area contributed by atoms with Gasteiger partial charge in [-0.15, -0.1) is 0 Å². The monoisotopic (exact) mass is 333 g/mol. The first-order valence-corrected chi connectivity index (χ1v) is 6.81. The molecule has 0 saturated heterocycles. The summed E-state index contributed by atoms with van der Waals surface area (Å²) in [6, 6.07) is 10.1. The molecule has 1 N–H and O–H groups in total. The summed E-state index contributed by atoms with van der Waals surface area (Å²) in [5.41, 5.74) is 1.24. The smallest absolute Gasteiger partial charge is 0.306 e. The second-order valence-electron chi connectivity index (χ2n) is 3.32. The Hall–Kier alpha value is -0.620. The molecular weight excluding hydrogens is 317 g/mol. The summed E-state index contributed by atoms with van der Waals surface area (Å²) in [6.45, 7) is 1.95. The summed E-state index contributed by atoms with van der Waals surface area (Å²) in [5, 5.41) is 3.22. The van der Waals surface area contributed by atoms with E-state index in [0.29, 0.717) is 19.6 Å². The van der Waals surface area contributed by atoms with Crippen molar-refractivity contribution in [2.75, 3.05) is 17.6 Å². The lowest BCUT2D eigenvalue weighted by atomic mass is 10.2. The minimum Gasteiger partial charge on any atom is -0.464 e. The number of ether oxygens (including phenoxy) is 1. The summed E-state index contributed by atoms with van der Waals surface area (Å²) in [7, 11) is 0. The van der Waals surface area contributed by atoms with Gasteiger partial charge in [-0.25, -0.2) is 0 Å². The molecule has 1 aromatic rings. The molecule has 0 bridgehead atoms. The molecule has 88 valence electrons. The van der Waals surface area contributed by atoms with E-state index in [-0.39, 0.29) is 5.97 Å². The van der Waals surface area contributed by atoms with Gasteiger partial charge in [-0.05, 0) is 5.56 Å². The predicted octanol–water partition coefficient (Wildman–Crippen LogP) is 2.14. The van der Waals surface area contributed by atoms with Crippen LogP contribution in [0.3, 0.4) is 0 Å². The number of carbonyl (C=O) groups is 1. The molecule has 0 fully saturated rings. The minimum atomic E-state index is -0.115. The number of carbonyl (C=O) groups excluding carboxylic acids is 1. The molecule has 0 saturated carbocycles. The van der Waals surface area contributed by atoms with E-state index in [1.807, 2.05) is 18.2 Å². The lowest BCUT2D eigenvalue weighted by Crippen LogP contribution is -2.21. The van der Waals surface area contributed by atoms with Crippen molar-refractivity contribution in [1.29, 1.82) is 0 Å². The lowest BCUT2D eigenvalue weighted by molar-refractivity contribution is -0.142. The molecule has 0 amide bonds. The second kappa shape index (κ2) is 8.52. The van der Waals surface area contributed by atoms with Crippen LogP contribution in [-0.2, 0) is 16.1 Å². The molecule has 16 heavy (non-hydrogen) atoms. The molecule has 0 radical (unpaired) electrons. The highest BCUT2D eigenvalue weighted by Crippen LogP contribution is 1.96. The lowest BCUT2D eigenvalue weighted by Gasteiger charge is -2.05. The molecule has 4 heteroatoms. The maximum Gasteiger partial charge on any atom is 0.306 e. The third kappa shape index (κ3) is 6.07. The van der Waals surface area contributed by atoms with Crippen molar-refractivity contribution in [3.8, 4) is 0 Å². The molecule has 0 aliphatic heterocycles. The van der Waals surface area contributed by atoms with Crippen LogP contribution >= 0.6 is 22.6 Å². The van der Waals surface area contributed by atoms with Crippen LogP contribution in [0.15, 0.2) is 30.3 Å². The molecule has 0 atom stereocenters. The highest BCUT2D eigenvalue weighted by Gasteiger charge is 1.99. The Morgan fingerprint density at radius 1 is 1.31 bits per heavy atom.